The first-order chi connectivity index (χ1) is 11.1. The number of carbonyl (C=O) groups is 1. The third-order valence-electron chi connectivity index (χ3n) is 4.22. The van der Waals surface area contributed by atoms with Gasteiger partial charge in [0.2, 0.25) is 0 Å². The molecule has 24 heavy (non-hydrogen) atoms. The second-order valence-corrected chi connectivity index (χ2v) is 6.27. The number of piperidine rings is 1. The largest absolute Gasteiger partial charge is 0.408 e. The molecule has 2 rings (SSSR count). The van der Waals surface area contributed by atoms with Crippen molar-refractivity contribution < 1.29 is 23.1 Å². The highest BCUT2D eigenvalue weighted by Gasteiger charge is 2.31. The number of rotatable bonds is 3. The Hall–Kier alpha value is -1.77. The Morgan fingerprint density at radius 3 is 2.71 bits per heavy atom. The molecule has 0 saturated carbocycles. The monoisotopic (exact) mass is 348 g/mol. The van der Waals surface area contributed by atoms with Crippen LogP contribution in [0.1, 0.15) is 42.8 Å². The number of carbonyl (C=O) groups excluding carboxylic acids is 1. The van der Waals surface area contributed by atoms with Gasteiger partial charge in [-0.1, -0.05) is 0 Å². The number of aromatic nitrogens is 2. The topological polar surface area (TPSA) is 70.4 Å². The van der Waals surface area contributed by atoms with E-state index in [9.17, 15) is 23.1 Å². The number of halogens is 3. The second kappa shape index (κ2) is 7.00. The highest BCUT2D eigenvalue weighted by Crippen LogP contribution is 2.25. The molecule has 0 spiro atoms. The predicted molar refractivity (Wildman–Crippen MR) is 81.5 cm³/mol. The van der Waals surface area contributed by atoms with Crippen LogP contribution in [-0.4, -0.2) is 51.2 Å². The van der Waals surface area contributed by atoms with Gasteiger partial charge in [-0.25, -0.2) is 4.79 Å². The molecule has 2 heterocycles. The summed E-state index contributed by atoms with van der Waals surface area (Å²) in [6.45, 7) is 4.58. The minimum absolute atomic E-state index is 0.268. The van der Waals surface area contributed by atoms with E-state index in [-0.39, 0.29) is 12.6 Å². The molecule has 6 nitrogen and oxygen atoms in total. The van der Waals surface area contributed by atoms with Crippen LogP contribution in [0, 0.1) is 13.8 Å². The summed E-state index contributed by atoms with van der Waals surface area (Å²) >= 11 is 0. The van der Waals surface area contributed by atoms with Crippen LogP contribution >= 0.6 is 0 Å². The Morgan fingerprint density at radius 1 is 1.46 bits per heavy atom. The summed E-state index contributed by atoms with van der Waals surface area (Å²) < 4.78 is 38.7. The Morgan fingerprint density at radius 2 is 2.12 bits per heavy atom. The van der Waals surface area contributed by atoms with Crippen LogP contribution in [0.25, 0.3) is 0 Å². The molecule has 1 aliphatic heterocycles. The number of hydrogen-bond acceptors (Lipinski definition) is 3. The van der Waals surface area contributed by atoms with Gasteiger partial charge in [0, 0.05) is 24.3 Å². The summed E-state index contributed by atoms with van der Waals surface area (Å²) in [5.41, 5.74) is 1.43. The van der Waals surface area contributed by atoms with Crippen molar-refractivity contribution in [3.05, 3.63) is 17.0 Å². The third kappa shape index (κ3) is 4.40. The highest BCUT2D eigenvalue weighted by molar-refractivity contribution is 5.75. The zero-order chi connectivity index (χ0) is 18.1. The fourth-order valence-corrected chi connectivity index (χ4v) is 3.15. The predicted octanol–water partition coefficient (Wildman–Crippen LogP) is 2.29. The molecule has 1 aliphatic rings. The zero-order valence-electron chi connectivity index (χ0n) is 14.0. The molecular formula is C15H23F3N4O2. The van der Waals surface area contributed by atoms with Crippen molar-refractivity contribution >= 4 is 6.03 Å². The number of hydrogen-bond donors (Lipinski definition) is 2. The van der Waals surface area contributed by atoms with Gasteiger partial charge in [0.05, 0.1) is 17.8 Å². The average molecular weight is 348 g/mol. The summed E-state index contributed by atoms with van der Waals surface area (Å²) in [5.74, 6) is 0. The summed E-state index contributed by atoms with van der Waals surface area (Å²) in [5, 5.41) is 16.4. The molecule has 1 aromatic heterocycles. The van der Waals surface area contributed by atoms with Crippen molar-refractivity contribution in [3.63, 3.8) is 0 Å². The van der Waals surface area contributed by atoms with E-state index in [0.29, 0.717) is 29.9 Å². The van der Waals surface area contributed by atoms with E-state index in [4.69, 9.17) is 0 Å². The molecule has 9 heteroatoms. The van der Waals surface area contributed by atoms with Crippen LogP contribution in [0.5, 0.6) is 0 Å². The number of alkyl halides is 3. The molecule has 0 aromatic carbocycles. The van der Waals surface area contributed by atoms with E-state index in [1.165, 1.54) is 4.90 Å². The number of amides is 2. The maximum Gasteiger partial charge on any atom is 0.408 e. The van der Waals surface area contributed by atoms with E-state index in [1.807, 2.05) is 0 Å². The van der Waals surface area contributed by atoms with Gasteiger partial charge in [-0.2, -0.15) is 18.3 Å². The van der Waals surface area contributed by atoms with Gasteiger partial charge >= 0.3 is 12.2 Å². The standard InChI is InChI=1S/C15H23F3N4O2/c1-9(19-14(24)21-6-4-5-12(23)7-21)13-10(2)20-22(11(13)3)8-15(16,17)18/h9,12,23H,4-8H2,1-3H3,(H,19,24)/t9-,12+/m1/s1. The van der Waals surface area contributed by atoms with E-state index < -0.39 is 24.9 Å². The first-order valence-electron chi connectivity index (χ1n) is 7.92. The number of likely N-dealkylation sites (tertiary alicyclic amines) is 1. The lowest BCUT2D eigenvalue weighted by atomic mass is 10.1. The van der Waals surface area contributed by atoms with E-state index >= 15 is 0 Å². The first-order valence-corrected chi connectivity index (χ1v) is 7.92. The van der Waals surface area contributed by atoms with Gasteiger partial charge in [-0.15, -0.1) is 0 Å². The number of aliphatic hydroxyl groups excluding tert-OH is 1. The average Bonchev–Trinajstić information content (AvgIpc) is 2.71. The SMILES string of the molecule is Cc1nn(CC(F)(F)F)c(C)c1[C@@H](C)NC(=O)N1CCC[C@H](O)C1. The minimum Gasteiger partial charge on any atom is -0.391 e. The number of aryl methyl sites for hydroxylation is 1. The Labute approximate surface area is 138 Å². The molecular weight excluding hydrogens is 325 g/mol. The zero-order valence-corrected chi connectivity index (χ0v) is 14.0. The van der Waals surface area contributed by atoms with Gasteiger partial charge < -0.3 is 15.3 Å². The summed E-state index contributed by atoms with van der Waals surface area (Å²) in [7, 11) is 0. The van der Waals surface area contributed by atoms with Gasteiger partial charge in [0.15, 0.2) is 0 Å². The first kappa shape index (κ1) is 18.6. The molecule has 136 valence electrons. The Bertz CT molecular complexity index is 600. The summed E-state index contributed by atoms with van der Waals surface area (Å²) in [4.78, 5) is 13.8. The smallest absolute Gasteiger partial charge is 0.391 e. The van der Waals surface area contributed by atoms with Crippen LogP contribution in [0.4, 0.5) is 18.0 Å². The molecule has 2 amide bonds. The molecule has 0 radical (unpaired) electrons. The lowest BCUT2D eigenvalue weighted by molar-refractivity contribution is -0.143. The number of β-amino-alcohol motifs (C(OH)–C–C–N with tert-alkyl or cyclic N) is 1. The lowest BCUT2D eigenvalue weighted by Gasteiger charge is -2.31. The maximum atomic E-state index is 12.6. The van der Waals surface area contributed by atoms with Gasteiger partial charge in [0.25, 0.3) is 0 Å². The molecule has 0 bridgehead atoms. The lowest BCUT2D eigenvalue weighted by Crippen LogP contribution is -2.47. The fraction of sp³-hybridized carbons (Fsp3) is 0.733. The molecule has 1 fully saturated rings. The molecule has 0 aliphatic carbocycles. The Balaban J connectivity index is 2.09. The van der Waals surface area contributed by atoms with Crippen molar-refractivity contribution in [2.45, 2.75) is 58.5 Å². The Kier molecular flexibility index (Phi) is 5.42. The van der Waals surface area contributed by atoms with E-state index in [0.717, 1.165) is 11.1 Å². The van der Waals surface area contributed by atoms with Crippen LogP contribution in [0.15, 0.2) is 0 Å². The second-order valence-electron chi connectivity index (χ2n) is 6.27. The van der Waals surface area contributed by atoms with Crippen molar-refractivity contribution in [3.8, 4) is 0 Å². The minimum atomic E-state index is -4.35. The summed E-state index contributed by atoms with van der Waals surface area (Å²) in [6, 6.07) is -0.804. The molecule has 1 aromatic rings. The van der Waals surface area contributed by atoms with Crippen molar-refractivity contribution in [2.24, 2.45) is 0 Å². The normalized spacial score (nSPS) is 20.1. The number of urea groups is 1. The van der Waals surface area contributed by atoms with Crippen LogP contribution in [-0.2, 0) is 6.54 Å². The molecule has 0 unspecified atom stereocenters. The molecule has 1 saturated heterocycles. The van der Waals surface area contributed by atoms with E-state index in [1.54, 1.807) is 20.8 Å². The van der Waals surface area contributed by atoms with Gasteiger partial charge in [0.1, 0.15) is 6.54 Å². The number of nitrogens with one attached hydrogen (secondary N) is 1. The summed E-state index contributed by atoms with van der Waals surface area (Å²) in [6.07, 6.45) is -3.48. The fourth-order valence-electron chi connectivity index (χ4n) is 3.15. The molecule has 2 N–H and O–H groups in total. The van der Waals surface area contributed by atoms with E-state index in [2.05, 4.69) is 10.4 Å². The van der Waals surface area contributed by atoms with Crippen molar-refractivity contribution in [2.75, 3.05) is 13.1 Å². The van der Waals surface area contributed by atoms with Crippen LogP contribution in [0.2, 0.25) is 0 Å². The highest BCUT2D eigenvalue weighted by atomic mass is 19.4. The van der Waals surface area contributed by atoms with Crippen molar-refractivity contribution in [1.29, 1.82) is 0 Å². The maximum absolute atomic E-state index is 12.6. The van der Waals surface area contributed by atoms with Gasteiger partial charge in [-0.3, -0.25) is 4.68 Å². The quantitative estimate of drug-likeness (QED) is 0.880. The van der Waals surface area contributed by atoms with Crippen molar-refractivity contribution in [1.82, 2.24) is 20.0 Å². The number of nitrogens with zero attached hydrogens (tertiary/aromatic N) is 3. The third-order valence-corrected chi connectivity index (χ3v) is 4.22. The van der Waals surface area contributed by atoms with Crippen LogP contribution in [0.3, 0.4) is 0 Å². The number of aliphatic hydroxyl groups is 1. The van der Waals surface area contributed by atoms with Crippen LogP contribution < -0.4 is 5.32 Å². The molecule has 2 atom stereocenters. The van der Waals surface area contributed by atoms with Gasteiger partial charge in [-0.05, 0) is 33.6 Å².